The van der Waals surface area contributed by atoms with Gasteiger partial charge in [0.25, 0.3) is 0 Å². The highest BCUT2D eigenvalue weighted by Gasteiger charge is 2.11. The summed E-state index contributed by atoms with van der Waals surface area (Å²) in [6, 6.07) is 6.91. The number of methoxy groups -OCH3 is 1. The number of hydrogen-bond donors (Lipinski definition) is 1. The van der Waals surface area contributed by atoms with Gasteiger partial charge in [-0.05, 0) is 23.6 Å². The zero-order valence-electron chi connectivity index (χ0n) is 8.36. The third-order valence-electron chi connectivity index (χ3n) is 2.14. The molecule has 1 N–H and O–H groups in total. The Morgan fingerprint density at radius 3 is 2.86 bits per heavy atom. The van der Waals surface area contributed by atoms with Crippen molar-refractivity contribution in [1.82, 2.24) is 0 Å². The Labute approximate surface area is 83.3 Å². The normalized spacial score (nSPS) is 12.1. The first-order chi connectivity index (χ1) is 6.63. The second kappa shape index (κ2) is 4.65. The van der Waals surface area contributed by atoms with Crippen molar-refractivity contribution >= 4 is 5.97 Å². The smallest absolute Gasteiger partial charge is 0.306 e. The van der Waals surface area contributed by atoms with Crippen LogP contribution in [0.25, 0.3) is 0 Å². The first kappa shape index (κ1) is 10.6. The molecule has 0 saturated heterocycles. The predicted octanol–water partition coefficient (Wildman–Crippen LogP) is 2.06. The van der Waals surface area contributed by atoms with Crippen molar-refractivity contribution in [2.75, 3.05) is 7.11 Å². The van der Waals surface area contributed by atoms with E-state index in [1.807, 2.05) is 13.0 Å². The van der Waals surface area contributed by atoms with Gasteiger partial charge in [0.05, 0.1) is 13.5 Å². The third-order valence-corrected chi connectivity index (χ3v) is 2.14. The van der Waals surface area contributed by atoms with Gasteiger partial charge < -0.3 is 9.84 Å². The maximum Gasteiger partial charge on any atom is 0.306 e. The zero-order valence-corrected chi connectivity index (χ0v) is 8.36. The molecule has 0 amide bonds. The van der Waals surface area contributed by atoms with Crippen molar-refractivity contribution < 1.29 is 14.6 Å². The molecule has 0 aliphatic carbocycles. The Kier molecular flexibility index (Phi) is 3.51. The van der Waals surface area contributed by atoms with Crippen molar-refractivity contribution in [3.63, 3.8) is 0 Å². The lowest BCUT2D eigenvalue weighted by molar-refractivity contribution is -0.140. The number of benzene rings is 1. The first-order valence-electron chi connectivity index (χ1n) is 4.49. The second-order valence-electron chi connectivity index (χ2n) is 3.28. The summed E-state index contributed by atoms with van der Waals surface area (Å²) in [5, 5.41) is 9.24. The van der Waals surface area contributed by atoms with Gasteiger partial charge in [-0.3, -0.25) is 4.79 Å². The van der Waals surface area contributed by atoms with Crippen LogP contribution in [0.15, 0.2) is 24.3 Å². The molecule has 0 saturated carbocycles. The van der Waals surface area contributed by atoms with Crippen molar-refractivity contribution in [1.29, 1.82) is 0 Å². The summed E-state index contributed by atoms with van der Waals surface area (Å²) in [6.45, 7) is 1.92. The number of hydrogen-bond acceptors (Lipinski definition) is 3. The van der Waals surface area contributed by atoms with Gasteiger partial charge in [0.2, 0.25) is 0 Å². The molecule has 1 aromatic carbocycles. The number of aromatic hydroxyl groups is 1. The van der Waals surface area contributed by atoms with Crippen molar-refractivity contribution in [2.45, 2.75) is 19.3 Å². The molecule has 0 aliphatic heterocycles. The van der Waals surface area contributed by atoms with Crippen LogP contribution in [-0.4, -0.2) is 18.2 Å². The first-order valence-corrected chi connectivity index (χ1v) is 4.49. The predicted molar refractivity (Wildman–Crippen MR) is 53.2 cm³/mol. The summed E-state index contributed by atoms with van der Waals surface area (Å²) >= 11 is 0. The maximum absolute atomic E-state index is 11.0. The summed E-state index contributed by atoms with van der Waals surface area (Å²) in [4.78, 5) is 11.0. The van der Waals surface area contributed by atoms with E-state index < -0.39 is 0 Å². The molecule has 14 heavy (non-hydrogen) atoms. The number of phenols is 1. The Morgan fingerprint density at radius 1 is 1.57 bits per heavy atom. The van der Waals surface area contributed by atoms with E-state index in [-0.39, 0.29) is 17.6 Å². The molecule has 0 heterocycles. The van der Waals surface area contributed by atoms with Crippen LogP contribution in [0.2, 0.25) is 0 Å². The lowest BCUT2D eigenvalue weighted by atomic mass is 9.98. The molecule has 0 aromatic heterocycles. The topological polar surface area (TPSA) is 46.5 Å². The fourth-order valence-corrected chi connectivity index (χ4v) is 1.28. The van der Waals surface area contributed by atoms with E-state index in [2.05, 4.69) is 4.74 Å². The van der Waals surface area contributed by atoms with Crippen LogP contribution in [0.1, 0.15) is 24.8 Å². The van der Waals surface area contributed by atoms with Crippen LogP contribution in [0.3, 0.4) is 0 Å². The van der Waals surface area contributed by atoms with Gasteiger partial charge in [-0.25, -0.2) is 0 Å². The maximum atomic E-state index is 11.0. The van der Waals surface area contributed by atoms with Gasteiger partial charge in [-0.15, -0.1) is 0 Å². The Bertz CT molecular complexity index is 320. The number of rotatable bonds is 3. The molecular formula is C11H14O3. The van der Waals surface area contributed by atoms with Gasteiger partial charge in [-0.2, -0.15) is 0 Å². The molecule has 1 unspecified atom stereocenters. The molecule has 1 rings (SSSR count). The lowest BCUT2D eigenvalue weighted by Gasteiger charge is -2.10. The van der Waals surface area contributed by atoms with Crippen LogP contribution in [-0.2, 0) is 9.53 Å². The molecule has 0 bridgehead atoms. The fraction of sp³-hybridized carbons (Fsp3) is 0.364. The minimum Gasteiger partial charge on any atom is -0.508 e. The van der Waals surface area contributed by atoms with E-state index in [9.17, 15) is 9.90 Å². The van der Waals surface area contributed by atoms with Crippen molar-refractivity contribution in [2.24, 2.45) is 0 Å². The highest BCUT2D eigenvalue weighted by atomic mass is 16.5. The highest BCUT2D eigenvalue weighted by molar-refractivity contribution is 5.70. The average molecular weight is 194 g/mol. The summed E-state index contributed by atoms with van der Waals surface area (Å²) in [7, 11) is 1.37. The van der Waals surface area contributed by atoms with Gasteiger partial charge in [0, 0.05) is 0 Å². The minimum absolute atomic E-state index is 0.0644. The van der Waals surface area contributed by atoms with Crippen LogP contribution < -0.4 is 0 Å². The van der Waals surface area contributed by atoms with E-state index in [0.717, 1.165) is 5.56 Å². The van der Waals surface area contributed by atoms with Crippen LogP contribution in [0, 0.1) is 0 Å². The standard InChI is InChI=1S/C11H14O3/c1-8(6-11(13)14-2)9-4-3-5-10(12)7-9/h3-5,7-8,12H,6H2,1-2H3. The van der Waals surface area contributed by atoms with E-state index >= 15 is 0 Å². The molecule has 1 atom stereocenters. The SMILES string of the molecule is COC(=O)CC(C)c1cccc(O)c1. The largest absolute Gasteiger partial charge is 0.508 e. The zero-order chi connectivity index (χ0) is 10.6. The van der Waals surface area contributed by atoms with Gasteiger partial charge in [0.1, 0.15) is 5.75 Å². The number of esters is 1. The molecular weight excluding hydrogens is 180 g/mol. The Morgan fingerprint density at radius 2 is 2.29 bits per heavy atom. The number of carbonyl (C=O) groups excluding carboxylic acids is 1. The summed E-state index contributed by atoms with van der Waals surface area (Å²) in [6.07, 6.45) is 0.333. The quantitative estimate of drug-likeness (QED) is 0.749. The minimum atomic E-state index is -0.235. The van der Waals surface area contributed by atoms with E-state index in [1.54, 1.807) is 18.2 Å². The second-order valence-corrected chi connectivity index (χ2v) is 3.28. The Hall–Kier alpha value is -1.51. The Balaban J connectivity index is 2.69. The molecule has 76 valence electrons. The van der Waals surface area contributed by atoms with E-state index in [1.165, 1.54) is 7.11 Å². The summed E-state index contributed by atoms with van der Waals surface area (Å²) < 4.78 is 4.57. The third kappa shape index (κ3) is 2.76. The summed E-state index contributed by atoms with van der Waals surface area (Å²) in [5.41, 5.74) is 0.940. The number of phenolic OH excluding ortho intramolecular Hbond substituents is 1. The molecule has 0 aliphatic rings. The molecule has 0 radical (unpaired) electrons. The van der Waals surface area contributed by atoms with Crippen LogP contribution in [0.5, 0.6) is 5.75 Å². The van der Waals surface area contributed by atoms with E-state index in [0.29, 0.717) is 6.42 Å². The van der Waals surface area contributed by atoms with Crippen LogP contribution >= 0.6 is 0 Å². The van der Waals surface area contributed by atoms with Crippen molar-refractivity contribution in [3.8, 4) is 5.75 Å². The fourth-order valence-electron chi connectivity index (χ4n) is 1.28. The van der Waals surface area contributed by atoms with E-state index in [4.69, 9.17) is 0 Å². The molecule has 3 nitrogen and oxygen atoms in total. The van der Waals surface area contributed by atoms with Crippen molar-refractivity contribution in [3.05, 3.63) is 29.8 Å². The lowest BCUT2D eigenvalue weighted by Crippen LogP contribution is -2.05. The van der Waals surface area contributed by atoms with Gasteiger partial charge in [-0.1, -0.05) is 19.1 Å². The molecule has 3 heteroatoms. The molecule has 1 aromatic rings. The van der Waals surface area contributed by atoms with Crippen LogP contribution in [0.4, 0.5) is 0 Å². The monoisotopic (exact) mass is 194 g/mol. The summed E-state index contributed by atoms with van der Waals surface area (Å²) in [5.74, 6) is 0.0506. The average Bonchev–Trinajstić information content (AvgIpc) is 2.17. The van der Waals surface area contributed by atoms with Gasteiger partial charge >= 0.3 is 5.97 Å². The highest BCUT2D eigenvalue weighted by Crippen LogP contribution is 2.22. The molecule has 0 spiro atoms. The molecule has 0 fully saturated rings. The number of carbonyl (C=O) groups is 1. The number of ether oxygens (including phenoxy) is 1. The van der Waals surface area contributed by atoms with Gasteiger partial charge in [0.15, 0.2) is 0 Å².